The highest BCUT2D eigenvalue weighted by Gasteiger charge is 2.13. The molecule has 1 aromatic rings. The summed E-state index contributed by atoms with van der Waals surface area (Å²) in [5.41, 5.74) is 0. The van der Waals surface area contributed by atoms with Crippen molar-refractivity contribution in [2.75, 3.05) is 0 Å². The van der Waals surface area contributed by atoms with Crippen molar-refractivity contribution in [3.8, 4) is 0 Å². The molecule has 6 heteroatoms. The van der Waals surface area contributed by atoms with Gasteiger partial charge in [-0.25, -0.2) is 0 Å². The van der Waals surface area contributed by atoms with Gasteiger partial charge in [-0.3, -0.25) is 4.79 Å². The van der Waals surface area contributed by atoms with Crippen LogP contribution in [0.25, 0.3) is 0 Å². The van der Waals surface area contributed by atoms with Crippen LogP contribution in [0.15, 0.2) is 12.3 Å². The predicted octanol–water partition coefficient (Wildman–Crippen LogP) is 0.770. The minimum atomic E-state index is -0.521. The van der Waals surface area contributed by atoms with Gasteiger partial charge in [0.25, 0.3) is 0 Å². The zero-order valence-electron chi connectivity index (χ0n) is 7.14. The van der Waals surface area contributed by atoms with E-state index < -0.39 is 4.92 Å². The first kappa shape index (κ1) is 9.37. The van der Waals surface area contributed by atoms with Crippen LogP contribution in [0, 0.1) is 10.1 Å². The SMILES string of the molecule is CC(=O)CCn1nccc1[N+](=O)[O-]. The number of nitrogens with zero attached hydrogens (tertiary/aromatic N) is 3. The third kappa shape index (κ3) is 2.36. The Labute approximate surface area is 74.3 Å². The molecule has 0 saturated heterocycles. The largest absolute Gasteiger partial charge is 0.358 e. The molecule has 1 aromatic heterocycles. The van der Waals surface area contributed by atoms with Gasteiger partial charge < -0.3 is 10.1 Å². The molecule has 0 unspecified atom stereocenters. The van der Waals surface area contributed by atoms with Crippen LogP contribution in [-0.2, 0) is 11.3 Å². The average molecular weight is 183 g/mol. The summed E-state index contributed by atoms with van der Waals surface area (Å²) in [7, 11) is 0. The second-order valence-corrected chi connectivity index (χ2v) is 2.62. The van der Waals surface area contributed by atoms with Crippen molar-refractivity contribution in [2.24, 2.45) is 0 Å². The molecule has 70 valence electrons. The number of nitro groups is 1. The summed E-state index contributed by atoms with van der Waals surface area (Å²) in [4.78, 5) is 20.5. The molecule has 0 atom stereocenters. The van der Waals surface area contributed by atoms with Gasteiger partial charge in [0.15, 0.2) is 0 Å². The van der Waals surface area contributed by atoms with Crippen molar-refractivity contribution in [3.63, 3.8) is 0 Å². The fourth-order valence-corrected chi connectivity index (χ4v) is 0.916. The van der Waals surface area contributed by atoms with Crippen molar-refractivity contribution in [3.05, 3.63) is 22.4 Å². The highest BCUT2D eigenvalue weighted by molar-refractivity contribution is 5.75. The Morgan fingerprint density at radius 2 is 2.46 bits per heavy atom. The van der Waals surface area contributed by atoms with E-state index in [0.29, 0.717) is 0 Å². The van der Waals surface area contributed by atoms with Crippen LogP contribution in [0.1, 0.15) is 13.3 Å². The maximum absolute atomic E-state index is 10.6. The number of Topliss-reactive ketones (excluding diaryl/α,β-unsaturated/α-hetero) is 1. The predicted molar refractivity (Wildman–Crippen MR) is 44.2 cm³/mol. The normalized spacial score (nSPS) is 9.92. The molecule has 0 fully saturated rings. The number of hydrogen-bond donors (Lipinski definition) is 0. The molecule has 1 rings (SSSR count). The van der Waals surface area contributed by atoms with E-state index in [9.17, 15) is 14.9 Å². The lowest BCUT2D eigenvalue weighted by Crippen LogP contribution is -2.07. The Bertz CT molecular complexity index is 331. The monoisotopic (exact) mass is 183 g/mol. The van der Waals surface area contributed by atoms with Gasteiger partial charge in [0.05, 0.1) is 12.3 Å². The fourth-order valence-electron chi connectivity index (χ4n) is 0.916. The molecule has 0 aliphatic heterocycles. The first-order valence-corrected chi connectivity index (χ1v) is 3.77. The van der Waals surface area contributed by atoms with Crippen LogP contribution in [0.4, 0.5) is 5.82 Å². The summed E-state index contributed by atoms with van der Waals surface area (Å²) >= 11 is 0. The summed E-state index contributed by atoms with van der Waals surface area (Å²) in [5.74, 6) is -0.0916. The summed E-state index contributed by atoms with van der Waals surface area (Å²) in [6.45, 7) is 1.70. The third-order valence-corrected chi connectivity index (χ3v) is 1.56. The van der Waals surface area contributed by atoms with Crippen LogP contribution in [-0.4, -0.2) is 20.5 Å². The average Bonchev–Trinajstić information content (AvgIpc) is 2.47. The molecule has 0 saturated carbocycles. The number of aromatic nitrogens is 2. The van der Waals surface area contributed by atoms with Crippen molar-refractivity contribution < 1.29 is 9.72 Å². The molecular weight excluding hydrogens is 174 g/mol. The van der Waals surface area contributed by atoms with E-state index in [0.717, 1.165) is 0 Å². The van der Waals surface area contributed by atoms with Gasteiger partial charge in [-0.05, 0) is 11.8 Å². The van der Waals surface area contributed by atoms with Crippen molar-refractivity contribution >= 4 is 11.6 Å². The molecule has 13 heavy (non-hydrogen) atoms. The highest BCUT2D eigenvalue weighted by Crippen LogP contribution is 2.09. The molecule has 0 radical (unpaired) electrons. The minimum Gasteiger partial charge on any atom is -0.358 e. The Balaban J connectivity index is 2.71. The van der Waals surface area contributed by atoms with Gasteiger partial charge in [0, 0.05) is 6.42 Å². The van der Waals surface area contributed by atoms with Crippen LogP contribution < -0.4 is 0 Å². The first-order chi connectivity index (χ1) is 6.11. The summed E-state index contributed by atoms with van der Waals surface area (Å²) in [5, 5.41) is 14.1. The lowest BCUT2D eigenvalue weighted by Gasteiger charge is -1.96. The van der Waals surface area contributed by atoms with Crippen molar-refractivity contribution in [2.45, 2.75) is 19.9 Å². The van der Waals surface area contributed by atoms with Gasteiger partial charge in [0.1, 0.15) is 12.3 Å². The van der Waals surface area contributed by atoms with E-state index in [2.05, 4.69) is 5.10 Å². The maximum atomic E-state index is 10.6. The molecular formula is C7H9N3O3. The molecule has 0 amide bonds. The summed E-state index contributed by atoms with van der Waals surface area (Å²) in [6.07, 6.45) is 1.61. The zero-order chi connectivity index (χ0) is 9.84. The fraction of sp³-hybridized carbons (Fsp3) is 0.429. The highest BCUT2D eigenvalue weighted by atomic mass is 16.6. The Kier molecular flexibility index (Phi) is 2.73. The maximum Gasteiger partial charge on any atom is 0.344 e. The number of carbonyl (C=O) groups excluding carboxylic acids is 1. The van der Waals surface area contributed by atoms with Gasteiger partial charge in [0.2, 0.25) is 0 Å². The van der Waals surface area contributed by atoms with E-state index in [1.165, 1.54) is 23.9 Å². The van der Waals surface area contributed by atoms with E-state index >= 15 is 0 Å². The molecule has 1 heterocycles. The topological polar surface area (TPSA) is 78.0 Å². The number of aryl methyl sites for hydroxylation is 1. The summed E-state index contributed by atoms with van der Waals surface area (Å²) in [6, 6.07) is 1.31. The third-order valence-electron chi connectivity index (χ3n) is 1.56. The van der Waals surface area contributed by atoms with Gasteiger partial charge in [-0.2, -0.15) is 0 Å². The molecule has 0 N–H and O–H groups in total. The number of hydrogen-bond acceptors (Lipinski definition) is 4. The van der Waals surface area contributed by atoms with E-state index in [1.807, 2.05) is 0 Å². The van der Waals surface area contributed by atoms with Crippen LogP contribution >= 0.6 is 0 Å². The van der Waals surface area contributed by atoms with E-state index in [1.54, 1.807) is 0 Å². The molecule has 0 aliphatic rings. The van der Waals surface area contributed by atoms with Crippen LogP contribution in [0.2, 0.25) is 0 Å². The Morgan fingerprint density at radius 1 is 1.77 bits per heavy atom. The number of carbonyl (C=O) groups is 1. The minimum absolute atomic E-state index is 0.00945. The van der Waals surface area contributed by atoms with Crippen molar-refractivity contribution in [1.82, 2.24) is 9.78 Å². The quantitative estimate of drug-likeness (QED) is 0.510. The van der Waals surface area contributed by atoms with Crippen LogP contribution in [0.5, 0.6) is 0 Å². The lowest BCUT2D eigenvalue weighted by molar-refractivity contribution is -0.392. The standard InChI is InChI=1S/C7H9N3O3/c1-6(11)3-5-9-7(10(12)13)2-4-8-9/h2,4H,3,5H2,1H3. The first-order valence-electron chi connectivity index (χ1n) is 3.77. The van der Waals surface area contributed by atoms with E-state index in [-0.39, 0.29) is 24.6 Å². The number of ketones is 1. The lowest BCUT2D eigenvalue weighted by atomic mass is 10.3. The second kappa shape index (κ2) is 3.79. The Morgan fingerprint density at radius 3 is 3.00 bits per heavy atom. The van der Waals surface area contributed by atoms with Crippen LogP contribution in [0.3, 0.4) is 0 Å². The zero-order valence-corrected chi connectivity index (χ0v) is 7.14. The van der Waals surface area contributed by atoms with Gasteiger partial charge in [-0.1, -0.05) is 5.10 Å². The van der Waals surface area contributed by atoms with Gasteiger partial charge in [-0.15, -0.1) is 4.68 Å². The summed E-state index contributed by atoms with van der Waals surface area (Å²) < 4.78 is 1.21. The molecule has 6 nitrogen and oxygen atoms in total. The smallest absolute Gasteiger partial charge is 0.344 e. The van der Waals surface area contributed by atoms with E-state index in [4.69, 9.17) is 0 Å². The molecule has 0 aliphatic carbocycles. The molecule has 0 spiro atoms. The second-order valence-electron chi connectivity index (χ2n) is 2.62. The Hall–Kier alpha value is -1.72. The number of rotatable bonds is 4. The van der Waals surface area contributed by atoms with Gasteiger partial charge >= 0.3 is 5.82 Å². The molecule has 0 bridgehead atoms. The molecule has 0 aromatic carbocycles. The van der Waals surface area contributed by atoms with Crippen molar-refractivity contribution in [1.29, 1.82) is 0 Å².